The summed E-state index contributed by atoms with van der Waals surface area (Å²) in [6, 6.07) is 0.252. The van der Waals surface area contributed by atoms with E-state index in [-0.39, 0.29) is 11.9 Å². The van der Waals surface area contributed by atoms with Crippen LogP contribution in [0.25, 0.3) is 0 Å². The Hall–Kier alpha value is -0.830. The maximum absolute atomic E-state index is 11.2. The maximum atomic E-state index is 11.2. The van der Waals surface area contributed by atoms with Gasteiger partial charge in [-0.05, 0) is 33.6 Å². The van der Waals surface area contributed by atoms with Gasteiger partial charge in [0.2, 0.25) is 5.91 Å². The van der Waals surface area contributed by atoms with Crippen LogP contribution in [0, 0.1) is 0 Å². The molecule has 76 valence electrons. The van der Waals surface area contributed by atoms with Crippen LogP contribution >= 0.6 is 0 Å². The second kappa shape index (κ2) is 5.02. The second-order valence-electron chi connectivity index (χ2n) is 3.82. The van der Waals surface area contributed by atoms with Gasteiger partial charge in [0, 0.05) is 6.04 Å². The van der Waals surface area contributed by atoms with Gasteiger partial charge >= 0.3 is 0 Å². The Morgan fingerprint density at radius 1 is 1.69 bits per heavy atom. The highest BCUT2D eigenvalue weighted by molar-refractivity contribution is 5.84. The first-order valence-electron chi connectivity index (χ1n) is 4.61. The minimum absolute atomic E-state index is 0.252. The fraction of sp³-hybridized carbons (Fsp3) is 0.700. The molecule has 1 amide bonds. The van der Waals surface area contributed by atoms with E-state index in [9.17, 15) is 4.79 Å². The number of hydrogen-bond donors (Lipinski definition) is 2. The minimum Gasteiger partial charge on any atom is -0.368 e. The molecule has 13 heavy (non-hydrogen) atoms. The van der Waals surface area contributed by atoms with Gasteiger partial charge in [0.1, 0.15) is 0 Å². The quantitative estimate of drug-likeness (QED) is 0.609. The lowest BCUT2D eigenvalue weighted by molar-refractivity contribution is -0.124. The van der Waals surface area contributed by atoms with Crippen LogP contribution in [-0.2, 0) is 4.79 Å². The monoisotopic (exact) mass is 184 g/mol. The van der Waals surface area contributed by atoms with Crippen LogP contribution in [0.15, 0.2) is 12.7 Å². The van der Waals surface area contributed by atoms with Crippen molar-refractivity contribution in [3.05, 3.63) is 12.7 Å². The van der Waals surface area contributed by atoms with Crippen molar-refractivity contribution >= 4 is 5.91 Å². The SMILES string of the molecule is C=CCCC(C)(NC(C)C)C(N)=O. The van der Waals surface area contributed by atoms with Crippen LogP contribution in [0.2, 0.25) is 0 Å². The molecule has 3 heteroatoms. The maximum Gasteiger partial charge on any atom is 0.237 e. The first-order chi connectivity index (χ1) is 5.92. The molecule has 0 aromatic rings. The van der Waals surface area contributed by atoms with Gasteiger partial charge in [0.15, 0.2) is 0 Å². The second-order valence-corrected chi connectivity index (χ2v) is 3.82. The summed E-state index contributed by atoms with van der Waals surface area (Å²) in [6.07, 6.45) is 3.28. The molecule has 1 unspecified atom stereocenters. The third kappa shape index (κ3) is 4.08. The molecule has 0 heterocycles. The van der Waals surface area contributed by atoms with Gasteiger partial charge in [-0.2, -0.15) is 0 Å². The van der Waals surface area contributed by atoms with Crippen molar-refractivity contribution in [2.24, 2.45) is 5.73 Å². The van der Waals surface area contributed by atoms with Crippen molar-refractivity contribution in [2.45, 2.75) is 45.2 Å². The molecule has 0 fully saturated rings. The van der Waals surface area contributed by atoms with E-state index in [0.717, 1.165) is 6.42 Å². The van der Waals surface area contributed by atoms with E-state index in [0.29, 0.717) is 6.42 Å². The van der Waals surface area contributed by atoms with Crippen LogP contribution in [0.1, 0.15) is 33.6 Å². The molecule has 0 rings (SSSR count). The van der Waals surface area contributed by atoms with Crippen LogP contribution in [0.3, 0.4) is 0 Å². The number of primary amides is 1. The van der Waals surface area contributed by atoms with E-state index in [1.165, 1.54) is 0 Å². The molecule has 0 aliphatic carbocycles. The summed E-state index contributed by atoms with van der Waals surface area (Å²) in [4.78, 5) is 11.2. The number of rotatable bonds is 6. The Morgan fingerprint density at radius 3 is 2.54 bits per heavy atom. The van der Waals surface area contributed by atoms with Gasteiger partial charge in [-0.15, -0.1) is 6.58 Å². The van der Waals surface area contributed by atoms with Crippen molar-refractivity contribution in [3.63, 3.8) is 0 Å². The number of nitrogens with one attached hydrogen (secondary N) is 1. The number of carbonyl (C=O) groups excluding carboxylic acids is 1. The van der Waals surface area contributed by atoms with Crippen LogP contribution in [0.4, 0.5) is 0 Å². The zero-order valence-electron chi connectivity index (χ0n) is 8.76. The fourth-order valence-corrected chi connectivity index (χ4v) is 1.29. The lowest BCUT2D eigenvalue weighted by Gasteiger charge is -2.29. The number of amides is 1. The zero-order chi connectivity index (χ0) is 10.5. The van der Waals surface area contributed by atoms with E-state index in [4.69, 9.17) is 5.73 Å². The van der Waals surface area contributed by atoms with Crippen LogP contribution < -0.4 is 11.1 Å². The normalized spacial score (nSPS) is 15.4. The predicted molar refractivity (Wildman–Crippen MR) is 55.3 cm³/mol. The third-order valence-corrected chi connectivity index (χ3v) is 2.00. The van der Waals surface area contributed by atoms with Crippen molar-refractivity contribution in [2.75, 3.05) is 0 Å². The molecule has 1 atom stereocenters. The Kier molecular flexibility index (Phi) is 4.70. The van der Waals surface area contributed by atoms with Gasteiger partial charge < -0.3 is 11.1 Å². The zero-order valence-corrected chi connectivity index (χ0v) is 8.76. The lowest BCUT2D eigenvalue weighted by Crippen LogP contribution is -2.55. The average molecular weight is 184 g/mol. The Balaban J connectivity index is 4.33. The van der Waals surface area contributed by atoms with E-state index >= 15 is 0 Å². The first kappa shape index (κ1) is 12.2. The summed E-state index contributed by atoms with van der Waals surface area (Å²) in [7, 11) is 0. The molecule has 0 aromatic carbocycles. The van der Waals surface area contributed by atoms with Crippen molar-refractivity contribution in [1.82, 2.24) is 5.32 Å². The first-order valence-corrected chi connectivity index (χ1v) is 4.61. The predicted octanol–water partition coefficient (Wildman–Crippen LogP) is 1.19. The standard InChI is InChI=1S/C10H20N2O/c1-5-6-7-10(4,9(11)13)12-8(2)3/h5,8,12H,1,6-7H2,2-4H3,(H2,11,13). The smallest absolute Gasteiger partial charge is 0.237 e. The molecule has 0 saturated carbocycles. The molecule has 3 N–H and O–H groups in total. The average Bonchev–Trinajstić information content (AvgIpc) is 1.99. The Labute approximate surface area is 80.4 Å². The van der Waals surface area contributed by atoms with Gasteiger partial charge in [-0.25, -0.2) is 0 Å². The van der Waals surface area contributed by atoms with E-state index in [1.54, 1.807) is 6.08 Å². The van der Waals surface area contributed by atoms with Crippen LogP contribution in [0.5, 0.6) is 0 Å². The van der Waals surface area contributed by atoms with E-state index in [2.05, 4.69) is 11.9 Å². The molecule has 0 aliphatic rings. The molecule has 0 aliphatic heterocycles. The fourth-order valence-electron chi connectivity index (χ4n) is 1.29. The van der Waals surface area contributed by atoms with Crippen molar-refractivity contribution < 1.29 is 4.79 Å². The number of carbonyl (C=O) groups is 1. The van der Waals surface area contributed by atoms with Crippen molar-refractivity contribution in [1.29, 1.82) is 0 Å². The highest BCUT2D eigenvalue weighted by atomic mass is 16.1. The summed E-state index contributed by atoms with van der Waals surface area (Å²) < 4.78 is 0. The summed E-state index contributed by atoms with van der Waals surface area (Å²) in [5.74, 6) is -0.303. The molecule has 0 bridgehead atoms. The van der Waals surface area contributed by atoms with Crippen molar-refractivity contribution in [3.8, 4) is 0 Å². The van der Waals surface area contributed by atoms with Gasteiger partial charge in [0.05, 0.1) is 5.54 Å². The molecular formula is C10H20N2O. The number of hydrogen-bond acceptors (Lipinski definition) is 2. The topological polar surface area (TPSA) is 55.1 Å². The van der Waals surface area contributed by atoms with E-state index < -0.39 is 5.54 Å². The van der Waals surface area contributed by atoms with E-state index in [1.807, 2.05) is 20.8 Å². The summed E-state index contributed by atoms with van der Waals surface area (Å²) in [5, 5.41) is 3.17. The molecule has 0 saturated heterocycles. The number of allylic oxidation sites excluding steroid dienone is 1. The third-order valence-electron chi connectivity index (χ3n) is 2.00. The Morgan fingerprint density at radius 2 is 2.23 bits per heavy atom. The molecule has 3 nitrogen and oxygen atoms in total. The molecular weight excluding hydrogens is 164 g/mol. The van der Waals surface area contributed by atoms with Gasteiger partial charge in [-0.1, -0.05) is 6.08 Å². The highest BCUT2D eigenvalue weighted by Crippen LogP contribution is 2.13. The summed E-state index contributed by atoms with van der Waals surface area (Å²) in [5.41, 5.74) is 4.72. The summed E-state index contributed by atoms with van der Waals surface area (Å²) >= 11 is 0. The minimum atomic E-state index is -0.609. The lowest BCUT2D eigenvalue weighted by atomic mass is 9.94. The van der Waals surface area contributed by atoms with Crippen LogP contribution in [-0.4, -0.2) is 17.5 Å². The molecule has 0 spiro atoms. The molecule has 0 radical (unpaired) electrons. The largest absolute Gasteiger partial charge is 0.368 e. The number of nitrogens with two attached hydrogens (primary N) is 1. The summed E-state index contributed by atoms with van der Waals surface area (Å²) in [6.45, 7) is 9.44. The Bertz CT molecular complexity index is 189. The van der Waals surface area contributed by atoms with Gasteiger partial charge in [-0.3, -0.25) is 4.79 Å². The molecule has 0 aromatic heterocycles. The van der Waals surface area contributed by atoms with Gasteiger partial charge in [0.25, 0.3) is 0 Å². The highest BCUT2D eigenvalue weighted by Gasteiger charge is 2.30.